The second kappa shape index (κ2) is 4.31. The molecule has 2 aliphatic heterocycles. The third kappa shape index (κ3) is 1.83. The first kappa shape index (κ1) is 11.1. The molecule has 0 atom stereocenters. The Morgan fingerprint density at radius 1 is 1.35 bits per heavy atom. The molecular weight excluding hydrogens is 214 g/mol. The Bertz CT molecular complexity index is 413. The van der Waals surface area contributed by atoms with E-state index in [4.69, 9.17) is 9.47 Å². The predicted molar refractivity (Wildman–Crippen MR) is 66.7 cm³/mol. The Kier molecular flexibility index (Phi) is 2.81. The maximum atomic E-state index is 5.55. The summed E-state index contributed by atoms with van der Waals surface area (Å²) in [6.07, 6.45) is 1.04. The van der Waals surface area contributed by atoms with Crippen LogP contribution in [0.2, 0.25) is 0 Å². The molecule has 2 heterocycles. The molecule has 1 saturated heterocycles. The third-order valence-electron chi connectivity index (χ3n) is 3.77. The zero-order chi connectivity index (χ0) is 11.7. The van der Waals surface area contributed by atoms with E-state index in [1.165, 1.54) is 11.1 Å². The van der Waals surface area contributed by atoms with Crippen LogP contribution < -0.4 is 10.1 Å². The maximum Gasteiger partial charge on any atom is 0.122 e. The SMILES string of the molecule is CCNCC1(c2ccc3c(c2)CCO3)COC1. The Balaban J connectivity index is 1.86. The Morgan fingerprint density at radius 3 is 2.94 bits per heavy atom. The fourth-order valence-electron chi connectivity index (χ4n) is 2.60. The Morgan fingerprint density at radius 2 is 2.24 bits per heavy atom. The molecule has 0 spiro atoms. The molecule has 0 radical (unpaired) electrons. The fourth-order valence-corrected chi connectivity index (χ4v) is 2.60. The number of rotatable bonds is 4. The van der Waals surface area contributed by atoms with Gasteiger partial charge in [-0.3, -0.25) is 0 Å². The monoisotopic (exact) mass is 233 g/mol. The summed E-state index contributed by atoms with van der Waals surface area (Å²) in [5, 5.41) is 3.45. The largest absolute Gasteiger partial charge is 0.493 e. The third-order valence-corrected chi connectivity index (χ3v) is 3.77. The molecule has 17 heavy (non-hydrogen) atoms. The summed E-state index contributed by atoms with van der Waals surface area (Å²) in [4.78, 5) is 0. The summed E-state index contributed by atoms with van der Waals surface area (Å²) in [5.41, 5.74) is 2.94. The molecule has 0 unspecified atom stereocenters. The molecule has 1 N–H and O–H groups in total. The first-order chi connectivity index (χ1) is 8.34. The first-order valence-corrected chi connectivity index (χ1v) is 6.39. The van der Waals surface area contributed by atoms with Crippen LogP contribution >= 0.6 is 0 Å². The van der Waals surface area contributed by atoms with E-state index in [0.29, 0.717) is 0 Å². The quantitative estimate of drug-likeness (QED) is 0.855. The van der Waals surface area contributed by atoms with Crippen LogP contribution in [0.15, 0.2) is 18.2 Å². The van der Waals surface area contributed by atoms with Gasteiger partial charge in [0.1, 0.15) is 5.75 Å². The van der Waals surface area contributed by atoms with Crippen LogP contribution in [-0.4, -0.2) is 32.9 Å². The molecule has 0 amide bonds. The van der Waals surface area contributed by atoms with Gasteiger partial charge in [0.25, 0.3) is 0 Å². The molecule has 92 valence electrons. The van der Waals surface area contributed by atoms with Crippen molar-refractivity contribution in [3.8, 4) is 5.75 Å². The second-order valence-corrected chi connectivity index (χ2v) is 4.97. The molecule has 0 aliphatic carbocycles. The highest BCUT2D eigenvalue weighted by Gasteiger charge is 2.40. The van der Waals surface area contributed by atoms with E-state index in [-0.39, 0.29) is 5.41 Å². The van der Waals surface area contributed by atoms with Gasteiger partial charge in [-0.1, -0.05) is 19.1 Å². The molecule has 3 rings (SSSR count). The van der Waals surface area contributed by atoms with Gasteiger partial charge in [-0.15, -0.1) is 0 Å². The number of hydrogen-bond acceptors (Lipinski definition) is 3. The smallest absolute Gasteiger partial charge is 0.122 e. The zero-order valence-electron chi connectivity index (χ0n) is 10.3. The number of ether oxygens (including phenoxy) is 2. The van der Waals surface area contributed by atoms with Crippen LogP contribution in [0.4, 0.5) is 0 Å². The van der Waals surface area contributed by atoms with Crippen molar-refractivity contribution in [2.75, 3.05) is 32.9 Å². The van der Waals surface area contributed by atoms with Gasteiger partial charge in [0, 0.05) is 13.0 Å². The van der Waals surface area contributed by atoms with Crippen LogP contribution in [0.25, 0.3) is 0 Å². The first-order valence-electron chi connectivity index (χ1n) is 6.39. The fraction of sp³-hybridized carbons (Fsp3) is 0.571. The lowest BCUT2D eigenvalue weighted by Gasteiger charge is -2.42. The van der Waals surface area contributed by atoms with Gasteiger partial charge in [0.2, 0.25) is 0 Å². The number of likely N-dealkylation sites (N-methyl/N-ethyl adjacent to an activating group) is 1. The van der Waals surface area contributed by atoms with Gasteiger partial charge in [0.05, 0.1) is 25.2 Å². The average Bonchev–Trinajstić information content (AvgIpc) is 2.75. The van der Waals surface area contributed by atoms with E-state index in [9.17, 15) is 0 Å². The van der Waals surface area contributed by atoms with E-state index < -0.39 is 0 Å². The molecule has 0 bridgehead atoms. The van der Waals surface area contributed by atoms with Crippen molar-refractivity contribution in [3.63, 3.8) is 0 Å². The molecule has 2 aliphatic rings. The average molecular weight is 233 g/mol. The van der Waals surface area contributed by atoms with Crippen LogP contribution in [0.3, 0.4) is 0 Å². The maximum absolute atomic E-state index is 5.55. The minimum Gasteiger partial charge on any atom is -0.493 e. The molecule has 1 fully saturated rings. The van der Waals surface area contributed by atoms with E-state index >= 15 is 0 Å². The molecule has 1 aromatic carbocycles. The molecule has 3 nitrogen and oxygen atoms in total. The van der Waals surface area contributed by atoms with E-state index in [2.05, 4.69) is 30.4 Å². The minimum atomic E-state index is 0.188. The van der Waals surface area contributed by atoms with Gasteiger partial charge in [-0.05, 0) is 23.7 Å². The van der Waals surface area contributed by atoms with Gasteiger partial charge in [-0.25, -0.2) is 0 Å². The molecule has 1 aromatic rings. The lowest BCUT2D eigenvalue weighted by molar-refractivity contribution is -0.0588. The normalized spacial score (nSPS) is 20.5. The van der Waals surface area contributed by atoms with E-state index in [0.717, 1.165) is 45.1 Å². The summed E-state index contributed by atoms with van der Waals surface area (Å²) in [6.45, 7) is 6.65. The number of benzene rings is 1. The van der Waals surface area contributed by atoms with Crippen LogP contribution in [-0.2, 0) is 16.6 Å². The summed E-state index contributed by atoms with van der Waals surface area (Å²) in [5.74, 6) is 1.06. The van der Waals surface area contributed by atoms with E-state index in [1.54, 1.807) is 0 Å². The minimum absolute atomic E-state index is 0.188. The Hall–Kier alpha value is -1.06. The molecule has 0 saturated carbocycles. The zero-order valence-corrected chi connectivity index (χ0v) is 10.3. The van der Waals surface area contributed by atoms with Crippen molar-refractivity contribution < 1.29 is 9.47 Å². The van der Waals surface area contributed by atoms with Crippen molar-refractivity contribution in [2.24, 2.45) is 0 Å². The Labute approximate surface area is 102 Å². The lowest BCUT2D eigenvalue weighted by atomic mass is 9.78. The summed E-state index contributed by atoms with van der Waals surface area (Å²) in [6, 6.07) is 6.62. The highest BCUT2D eigenvalue weighted by molar-refractivity contribution is 5.43. The molecular formula is C14H19NO2. The molecule has 0 aromatic heterocycles. The van der Waals surface area contributed by atoms with Crippen molar-refractivity contribution >= 4 is 0 Å². The van der Waals surface area contributed by atoms with Crippen LogP contribution in [0.1, 0.15) is 18.1 Å². The van der Waals surface area contributed by atoms with Gasteiger partial charge in [0.15, 0.2) is 0 Å². The van der Waals surface area contributed by atoms with Crippen molar-refractivity contribution in [2.45, 2.75) is 18.8 Å². The lowest BCUT2D eigenvalue weighted by Crippen LogP contribution is -2.53. The number of nitrogens with one attached hydrogen (secondary N) is 1. The van der Waals surface area contributed by atoms with Crippen LogP contribution in [0.5, 0.6) is 5.75 Å². The second-order valence-electron chi connectivity index (χ2n) is 4.97. The van der Waals surface area contributed by atoms with Gasteiger partial charge < -0.3 is 14.8 Å². The standard InChI is InChI=1S/C14H19NO2/c1-2-15-8-14(9-16-10-14)12-3-4-13-11(7-12)5-6-17-13/h3-4,7,15H,2,5-6,8-10H2,1H3. The summed E-state index contributed by atoms with van der Waals surface area (Å²) < 4.78 is 11.0. The van der Waals surface area contributed by atoms with E-state index in [1.807, 2.05) is 0 Å². The predicted octanol–water partition coefficient (Wildman–Crippen LogP) is 1.50. The van der Waals surface area contributed by atoms with Crippen molar-refractivity contribution in [3.05, 3.63) is 29.3 Å². The summed E-state index contributed by atoms with van der Waals surface area (Å²) in [7, 11) is 0. The topological polar surface area (TPSA) is 30.5 Å². The summed E-state index contributed by atoms with van der Waals surface area (Å²) >= 11 is 0. The van der Waals surface area contributed by atoms with Gasteiger partial charge in [-0.2, -0.15) is 0 Å². The van der Waals surface area contributed by atoms with Crippen molar-refractivity contribution in [1.29, 1.82) is 0 Å². The van der Waals surface area contributed by atoms with Crippen molar-refractivity contribution in [1.82, 2.24) is 5.32 Å². The number of fused-ring (bicyclic) bond motifs is 1. The molecule has 3 heteroatoms. The number of hydrogen-bond donors (Lipinski definition) is 1. The van der Waals surface area contributed by atoms with Crippen LogP contribution in [0, 0.1) is 0 Å². The highest BCUT2D eigenvalue weighted by atomic mass is 16.5. The highest BCUT2D eigenvalue weighted by Crippen LogP contribution is 2.35. The van der Waals surface area contributed by atoms with Gasteiger partial charge >= 0.3 is 0 Å².